The van der Waals surface area contributed by atoms with Crippen molar-refractivity contribution in [3.05, 3.63) is 40.1 Å². The summed E-state index contributed by atoms with van der Waals surface area (Å²) in [4.78, 5) is 13.8. The highest BCUT2D eigenvalue weighted by Gasteiger charge is 2.22. The Bertz CT molecular complexity index is 698. The molecular formula is C19H25NO4S. The molecule has 1 aromatic heterocycles. The lowest BCUT2D eigenvalue weighted by Gasteiger charge is -2.22. The summed E-state index contributed by atoms with van der Waals surface area (Å²) < 4.78 is 16.1. The predicted octanol–water partition coefficient (Wildman–Crippen LogP) is 3.83. The summed E-state index contributed by atoms with van der Waals surface area (Å²) in [5.74, 6) is 1.83. The summed E-state index contributed by atoms with van der Waals surface area (Å²) in [6.45, 7) is 4.20. The molecule has 0 aliphatic carbocycles. The molecule has 1 amide bonds. The van der Waals surface area contributed by atoms with Gasteiger partial charge in [0.1, 0.15) is 0 Å². The van der Waals surface area contributed by atoms with Crippen LogP contribution in [0, 0.1) is 5.92 Å². The van der Waals surface area contributed by atoms with Gasteiger partial charge in [-0.2, -0.15) is 0 Å². The Balaban J connectivity index is 2.20. The zero-order valence-electron chi connectivity index (χ0n) is 15.3. The van der Waals surface area contributed by atoms with Crippen LogP contribution >= 0.6 is 11.3 Å². The number of carbonyl (C=O) groups is 1. The van der Waals surface area contributed by atoms with Gasteiger partial charge in [0.05, 0.1) is 33.8 Å². The number of ether oxygens (including phenoxy) is 3. The molecule has 0 spiro atoms. The van der Waals surface area contributed by atoms with E-state index >= 15 is 0 Å². The van der Waals surface area contributed by atoms with Crippen LogP contribution in [0.2, 0.25) is 0 Å². The van der Waals surface area contributed by atoms with Gasteiger partial charge in [-0.1, -0.05) is 26.0 Å². The summed E-state index contributed by atoms with van der Waals surface area (Å²) in [6.07, 6.45) is 0.206. The minimum Gasteiger partial charge on any atom is -0.493 e. The lowest BCUT2D eigenvalue weighted by Crippen LogP contribution is -2.32. The third-order valence-electron chi connectivity index (χ3n) is 3.97. The number of hydrogen-bond donors (Lipinski definition) is 1. The van der Waals surface area contributed by atoms with E-state index in [4.69, 9.17) is 14.2 Å². The standard InChI is InChI=1S/C19H25NO4S/c1-12(2)17(15-7-6-10-25-15)20-16(21)11-13-8-9-14(22-3)19(24-5)18(13)23-4/h6-10,12,17H,11H2,1-5H3,(H,20,21)/t17-/m1/s1. The summed E-state index contributed by atoms with van der Waals surface area (Å²) in [5.41, 5.74) is 0.756. The Kier molecular flexibility index (Phi) is 6.70. The minimum absolute atomic E-state index is 0.00126. The van der Waals surface area contributed by atoms with Gasteiger partial charge in [-0.3, -0.25) is 4.79 Å². The van der Waals surface area contributed by atoms with E-state index in [0.29, 0.717) is 23.2 Å². The fourth-order valence-electron chi connectivity index (χ4n) is 2.73. The third-order valence-corrected chi connectivity index (χ3v) is 4.92. The molecule has 0 aliphatic heterocycles. The van der Waals surface area contributed by atoms with Gasteiger partial charge in [0.2, 0.25) is 11.7 Å². The summed E-state index contributed by atoms with van der Waals surface area (Å²) in [6, 6.07) is 7.66. The van der Waals surface area contributed by atoms with Gasteiger partial charge in [-0.05, 0) is 23.4 Å². The van der Waals surface area contributed by atoms with Gasteiger partial charge in [-0.15, -0.1) is 11.3 Å². The highest BCUT2D eigenvalue weighted by atomic mass is 32.1. The first-order chi connectivity index (χ1) is 12.0. The van der Waals surface area contributed by atoms with E-state index in [2.05, 4.69) is 19.2 Å². The second-order valence-electron chi connectivity index (χ2n) is 5.97. The van der Waals surface area contributed by atoms with E-state index < -0.39 is 0 Å². The van der Waals surface area contributed by atoms with Gasteiger partial charge in [0, 0.05) is 10.4 Å². The normalized spacial score (nSPS) is 11.9. The zero-order valence-corrected chi connectivity index (χ0v) is 16.1. The van der Waals surface area contributed by atoms with Crippen LogP contribution in [-0.4, -0.2) is 27.2 Å². The van der Waals surface area contributed by atoms with Crippen molar-refractivity contribution in [3.63, 3.8) is 0 Å². The summed E-state index contributed by atoms with van der Waals surface area (Å²) in [7, 11) is 4.68. The number of thiophene rings is 1. The fourth-order valence-corrected chi connectivity index (χ4v) is 3.68. The Hall–Kier alpha value is -2.21. The van der Waals surface area contributed by atoms with E-state index in [-0.39, 0.29) is 18.4 Å². The molecule has 0 saturated heterocycles. The van der Waals surface area contributed by atoms with Gasteiger partial charge >= 0.3 is 0 Å². The number of hydrogen-bond acceptors (Lipinski definition) is 5. The van der Waals surface area contributed by atoms with Crippen LogP contribution < -0.4 is 19.5 Å². The van der Waals surface area contributed by atoms with Gasteiger partial charge in [0.15, 0.2) is 11.5 Å². The molecule has 1 atom stereocenters. The molecule has 0 radical (unpaired) electrons. The number of methoxy groups -OCH3 is 3. The number of carbonyl (C=O) groups excluding carboxylic acids is 1. The van der Waals surface area contributed by atoms with Crippen molar-refractivity contribution in [1.82, 2.24) is 5.32 Å². The van der Waals surface area contributed by atoms with Crippen LogP contribution in [0.1, 0.15) is 30.3 Å². The predicted molar refractivity (Wildman–Crippen MR) is 99.8 cm³/mol. The summed E-state index contributed by atoms with van der Waals surface area (Å²) in [5, 5.41) is 5.15. The number of nitrogens with one attached hydrogen (secondary N) is 1. The second-order valence-corrected chi connectivity index (χ2v) is 6.95. The van der Waals surface area contributed by atoms with Crippen molar-refractivity contribution in [3.8, 4) is 17.2 Å². The highest BCUT2D eigenvalue weighted by molar-refractivity contribution is 7.10. The largest absolute Gasteiger partial charge is 0.493 e. The van der Waals surface area contributed by atoms with E-state index in [9.17, 15) is 4.79 Å². The molecule has 0 saturated carbocycles. The molecule has 5 nitrogen and oxygen atoms in total. The number of amides is 1. The van der Waals surface area contributed by atoms with E-state index in [1.54, 1.807) is 38.7 Å². The molecule has 1 aromatic carbocycles. The maximum Gasteiger partial charge on any atom is 0.225 e. The Morgan fingerprint density at radius 1 is 1.08 bits per heavy atom. The van der Waals surface area contributed by atoms with Crippen molar-refractivity contribution in [2.45, 2.75) is 26.3 Å². The van der Waals surface area contributed by atoms with Crippen molar-refractivity contribution < 1.29 is 19.0 Å². The highest BCUT2D eigenvalue weighted by Crippen LogP contribution is 2.40. The summed E-state index contributed by atoms with van der Waals surface area (Å²) >= 11 is 1.65. The van der Waals surface area contributed by atoms with Crippen LogP contribution in [-0.2, 0) is 11.2 Å². The minimum atomic E-state index is -0.0578. The van der Waals surface area contributed by atoms with Gasteiger partial charge < -0.3 is 19.5 Å². The Morgan fingerprint density at radius 2 is 1.80 bits per heavy atom. The molecule has 0 unspecified atom stereocenters. The molecule has 0 bridgehead atoms. The second kappa shape index (κ2) is 8.76. The van der Waals surface area contributed by atoms with Crippen LogP contribution in [0.3, 0.4) is 0 Å². The van der Waals surface area contributed by atoms with Crippen LogP contribution in [0.15, 0.2) is 29.6 Å². The fraction of sp³-hybridized carbons (Fsp3) is 0.421. The average Bonchev–Trinajstić information content (AvgIpc) is 3.12. The molecule has 1 heterocycles. The van der Waals surface area contributed by atoms with Crippen molar-refractivity contribution in [2.75, 3.05) is 21.3 Å². The smallest absolute Gasteiger partial charge is 0.225 e. The van der Waals surface area contributed by atoms with Crippen molar-refractivity contribution >= 4 is 17.2 Å². The molecule has 2 rings (SSSR count). The first-order valence-electron chi connectivity index (χ1n) is 8.12. The maximum atomic E-state index is 12.6. The molecule has 0 fully saturated rings. The zero-order chi connectivity index (χ0) is 18.4. The molecular weight excluding hydrogens is 338 g/mol. The molecule has 2 aromatic rings. The molecule has 25 heavy (non-hydrogen) atoms. The quantitative estimate of drug-likeness (QED) is 0.774. The lowest BCUT2D eigenvalue weighted by molar-refractivity contribution is -0.121. The molecule has 136 valence electrons. The van der Waals surface area contributed by atoms with E-state index in [0.717, 1.165) is 10.4 Å². The first kappa shape index (κ1) is 19.1. The molecule has 6 heteroatoms. The Labute approximate surface area is 152 Å². The topological polar surface area (TPSA) is 56.8 Å². The Morgan fingerprint density at radius 3 is 2.32 bits per heavy atom. The van der Waals surface area contributed by atoms with Crippen LogP contribution in [0.25, 0.3) is 0 Å². The molecule has 0 aliphatic rings. The number of rotatable bonds is 8. The maximum absolute atomic E-state index is 12.6. The van der Waals surface area contributed by atoms with Crippen LogP contribution in [0.5, 0.6) is 17.2 Å². The van der Waals surface area contributed by atoms with Gasteiger partial charge in [0.25, 0.3) is 0 Å². The average molecular weight is 363 g/mol. The third kappa shape index (κ3) is 4.45. The first-order valence-corrected chi connectivity index (χ1v) is 9.00. The van der Waals surface area contributed by atoms with Crippen LogP contribution in [0.4, 0.5) is 0 Å². The van der Waals surface area contributed by atoms with Gasteiger partial charge in [-0.25, -0.2) is 0 Å². The molecule has 1 N–H and O–H groups in total. The lowest BCUT2D eigenvalue weighted by atomic mass is 10.0. The monoisotopic (exact) mass is 363 g/mol. The van der Waals surface area contributed by atoms with Crippen molar-refractivity contribution in [2.24, 2.45) is 5.92 Å². The van der Waals surface area contributed by atoms with Crippen molar-refractivity contribution in [1.29, 1.82) is 0 Å². The van der Waals surface area contributed by atoms with E-state index in [1.807, 2.05) is 23.6 Å². The number of benzene rings is 1. The van der Waals surface area contributed by atoms with E-state index in [1.165, 1.54) is 0 Å². The SMILES string of the molecule is COc1ccc(CC(=O)N[C@@H](c2cccs2)C(C)C)c(OC)c1OC.